The van der Waals surface area contributed by atoms with Crippen molar-refractivity contribution >= 4 is 23.1 Å². The number of nitrogens with zero attached hydrogens (tertiary/aromatic N) is 3. The molecule has 0 saturated carbocycles. The van der Waals surface area contributed by atoms with Gasteiger partial charge in [0, 0.05) is 12.7 Å². The molecule has 0 aliphatic rings. The molecule has 5 heteroatoms. The Labute approximate surface area is 116 Å². The lowest BCUT2D eigenvalue weighted by Crippen LogP contribution is -2.11. The number of anilines is 2. The molecule has 0 aliphatic heterocycles. The van der Waals surface area contributed by atoms with Crippen molar-refractivity contribution in [2.75, 3.05) is 19.1 Å². The molecule has 0 aliphatic carbocycles. The van der Waals surface area contributed by atoms with Gasteiger partial charge in [0.25, 0.3) is 0 Å². The largest absolute Gasteiger partial charge is 0.497 e. The summed E-state index contributed by atoms with van der Waals surface area (Å²) in [5.41, 5.74) is 1.41. The van der Waals surface area contributed by atoms with Gasteiger partial charge in [0.05, 0.1) is 18.7 Å². The van der Waals surface area contributed by atoms with Crippen LogP contribution in [0.25, 0.3) is 0 Å². The second kappa shape index (κ2) is 5.59. The first-order chi connectivity index (χ1) is 9.13. The number of hydrogen-bond acceptors (Lipinski definition) is 4. The van der Waals surface area contributed by atoms with Gasteiger partial charge in [0.2, 0.25) is 0 Å². The van der Waals surface area contributed by atoms with E-state index in [9.17, 15) is 0 Å². The highest BCUT2D eigenvalue weighted by Gasteiger charge is 2.08. The minimum Gasteiger partial charge on any atom is -0.497 e. The van der Waals surface area contributed by atoms with Gasteiger partial charge in [-0.3, -0.25) is 0 Å². The molecule has 2 aromatic rings. The van der Waals surface area contributed by atoms with Gasteiger partial charge in [-0.25, -0.2) is 4.98 Å². The molecule has 0 fully saturated rings. The molecule has 0 unspecified atom stereocenters. The fourth-order valence-corrected chi connectivity index (χ4v) is 1.86. The summed E-state index contributed by atoms with van der Waals surface area (Å²) < 4.78 is 5.11. The summed E-state index contributed by atoms with van der Waals surface area (Å²) in [5, 5.41) is 9.24. The van der Waals surface area contributed by atoms with Crippen LogP contribution in [0.5, 0.6) is 5.75 Å². The van der Waals surface area contributed by atoms with E-state index in [-0.39, 0.29) is 0 Å². The smallest absolute Gasteiger partial charge is 0.135 e. The number of hydrogen-bond donors (Lipinski definition) is 0. The zero-order valence-electron chi connectivity index (χ0n) is 10.6. The van der Waals surface area contributed by atoms with Gasteiger partial charge in [-0.15, -0.1) is 0 Å². The molecular formula is C14H12ClN3O. The maximum atomic E-state index is 8.94. The summed E-state index contributed by atoms with van der Waals surface area (Å²) in [6.45, 7) is 0. The van der Waals surface area contributed by atoms with Crippen LogP contribution in [0, 0.1) is 11.3 Å². The van der Waals surface area contributed by atoms with Crippen LogP contribution < -0.4 is 9.64 Å². The number of aromatic nitrogens is 1. The number of halogens is 1. The third-order valence-electron chi connectivity index (χ3n) is 2.71. The average Bonchev–Trinajstić information content (AvgIpc) is 2.46. The lowest BCUT2D eigenvalue weighted by Gasteiger charge is -2.19. The van der Waals surface area contributed by atoms with Crippen LogP contribution >= 0.6 is 11.6 Å². The summed E-state index contributed by atoms with van der Waals surface area (Å²) in [5.74, 6) is 1.41. The maximum Gasteiger partial charge on any atom is 0.135 e. The van der Waals surface area contributed by atoms with Gasteiger partial charge in [0.15, 0.2) is 0 Å². The van der Waals surface area contributed by atoms with E-state index in [4.69, 9.17) is 21.6 Å². The van der Waals surface area contributed by atoms with E-state index in [0.717, 1.165) is 11.4 Å². The molecule has 19 heavy (non-hydrogen) atoms. The third kappa shape index (κ3) is 2.95. The summed E-state index contributed by atoms with van der Waals surface area (Å²) >= 11 is 5.90. The molecule has 0 atom stereocenters. The first-order valence-electron chi connectivity index (χ1n) is 5.59. The van der Waals surface area contributed by atoms with Crippen molar-refractivity contribution in [2.45, 2.75) is 0 Å². The van der Waals surface area contributed by atoms with E-state index >= 15 is 0 Å². The Bertz CT molecular complexity index is 620. The van der Waals surface area contributed by atoms with Crippen LogP contribution in [0.2, 0.25) is 5.15 Å². The van der Waals surface area contributed by atoms with Crippen LogP contribution in [-0.2, 0) is 0 Å². The number of rotatable bonds is 3. The highest BCUT2D eigenvalue weighted by molar-refractivity contribution is 6.29. The van der Waals surface area contributed by atoms with Crippen molar-refractivity contribution < 1.29 is 4.74 Å². The second-order valence-corrected chi connectivity index (χ2v) is 4.29. The normalized spacial score (nSPS) is 9.79. The Morgan fingerprint density at radius 2 is 1.95 bits per heavy atom. The molecule has 96 valence electrons. The fraction of sp³-hybridized carbons (Fsp3) is 0.143. The van der Waals surface area contributed by atoms with Crippen molar-refractivity contribution in [2.24, 2.45) is 0 Å². The average molecular weight is 274 g/mol. The summed E-state index contributed by atoms with van der Waals surface area (Å²) in [6, 6.07) is 12.8. The Hall–Kier alpha value is -2.25. The number of ether oxygens (including phenoxy) is 1. The molecule has 1 aromatic carbocycles. The molecular weight excluding hydrogens is 262 g/mol. The standard InChI is InChI=1S/C14H12ClN3O/c1-18(11-3-5-12(19-2)6-4-11)14-8-10(9-16)7-13(15)17-14/h3-8H,1-2H3. The minimum absolute atomic E-state index is 0.300. The molecule has 1 heterocycles. The molecule has 0 saturated heterocycles. The van der Waals surface area contributed by atoms with E-state index in [2.05, 4.69) is 11.1 Å². The van der Waals surface area contributed by atoms with Crippen LogP contribution in [0.1, 0.15) is 5.56 Å². The number of benzene rings is 1. The van der Waals surface area contributed by atoms with Crippen LogP contribution in [0.4, 0.5) is 11.5 Å². The third-order valence-corrected chi connectivity index (χ3v) is 2.91. The van der Waals surface area contributed by atoms with E-state index in [1.807, 2.05) is 36.2 Å². The van der Waals surface area contributed by atoms with Gasteiger partial charge in [0.1, 0.15) is 16.7 Å². The summed E-state index contributed by atoms with van der Waals surface area (Å²) in [6.07, 6.45) is 0. The zero-order chi connectivity index (χ0) is 13.8. The summed E-state index contributed by atoms with van der Waals surface area (Å²) in [7, 11) is 3.48. The lowest BCUT2D eigenvalue weighted by atomic mass is 10.2. The van der Waals surface area contributed by atoms with Gasteiger partial charge in [-0.1, -0.05) is 11.6 Å². The van der Waals surface area contributed by atoms with Crippen molar-refractivity contribution in [3.05, 3.63) is 47.1 Å². The van der Waals surface area contributed by atoms with Gasteiger partial charge in [-0.05, 0) is 36.4 Å². The summed E-state index contributed by atoms with van der Waals surface area (Å²) in [4.78, 5) is 6.06. The van der Waals surface area contributed by atoms with E-state index < -0.39 is 0 Å². The van der Waals surface area contributed by atoms with Crippen molar-refractivity contribution in [1.82, 2.24) is 4.98 Å². The first-order valence-corrected chi connectivity index (χ1v) is 5.97. The predicted octanol–water partition coefficient (Wildman–Crippen LogP) is 3.38. The monoisotopic (exact) mass is 273 g/mol. The van der Waals surface area contributed by atoms with Gasteiger partial charge < -0.3 is 9.64 Å². The molecule has 0 N–H and O–H groups in total. The minimum atomic E-state index is 0.300. The Balaban J connectivity index is 2.35. The van der Waals surface area contributed by atoms with Crippen molar-refractivity contribution in [3.63, 3.8) is 0 Å². The van der Waals surface area contributed by atoms with Crippen LogP contribution in [-0.4, -0.2) is 19.1 Å². The maximum absolute atomic E-state index is 8.94. The van der Waals surface area contributed by atoms with Gasteiger partial charge >= 0.3 is 0 Å². The molecule has 1 aromatic heterocycles. The quantitative estimate of drug-likeness (QED) is 0.805. The Morgan fingerprint density at radius 1 is 1.26 bits per heavy atom. The first kappa shape index (κ1) is 13.2. The highest BCUT2D eigenvalue weighted by Crippen LogP contribution is 2.26. The SMILES string of the molecule is COc1ccc(N(C)c2cc(C#N)cc(Cl)n2)cc1. The highest BCUT2D eigenvalue weighted by atomic mass is 35.5. The van der Waals surface area contributed by atoms with Crippen LogP contribution in [0.15, 0.2) is 36.4 Å². The topological polar surface area (TPSA) is 49.1 Å². The number of methoxy groups -OCH3 is 1. The molecule has 0 radical (unpaired) electrons. The number of pyridine rings is 1. The molecule has 0 bridgehead atoms. The van der Waals surface area contributed by atoms with Gasteiger partial charge in [-0.2, -0.15) is 5.26 Å². The van der Waals surface area contributed by atoms with E-state index in [0.29, 0.717) is 16.5 Å². The van der Waals surface area contributed by atoms with E-state index in [1.54, 1.807) is 13.2 Å². The fourth-order valence-electron chi connectivity index (χ4n) is 1.66. The lowest BCUT2D eigenvalue weighted by molar-refractivity contribution is 0.415. The second-order valence-electron chi connectivity index (χ2n) is 3.91. The molecule has 4 nitrogen and oxygen atoms in total. The van der Waals surface area contributed by atoms with E-state index in [1.165, 1.54) is 6.07 Å². The zero-order valence-corrected chi connectivity index (χ0v) is 11.3. The number of nitriles is 1. The van der Waals surface area contributed by atoms with Crippen molar-refractivity contribution in [1.29, 1.82) is 5.26 Å². The predicted molar refractivity (Wildman–Crippen MR) is 75.0 cm³/mol. The molecule has 0 amide bonds. The molecule has 0 spiro atoms. The van der Waals surface area contributed by atoms with Crippen LogP contribution in [0.3, 0.4) is 0 Å². The Kier molecular flexibility index (Phi) is 3.88. The molecule has 2 rings (SSSR count). The van der Waals surface area contributed by atoms with Crippen molar-refractivity contribution in [3.8, 4) is 11.8 Å². The Morgan fingerprint density at radius 3 is 2.53 bits per heavy atom.